The summed E-state index contributed by atoms with van der Waals surface area (Å²) >= 11 is 0. The molecule has 0 atom stereocenters. The van der Waals surface area contributed by atoms with Crippen LogP contribution in [0.4, 0.5) is 0 Å². The fraction of sp³-hybridized carbons (Fsp3) is 0.171. The van der Waals surface area contributed by atoms with Crippen LogP contribution in [-0.4, -0.2) is 25.2 Å². The molecule has 0 saturated heterocycles. The number of benzene rings is 4. The number of carbonyl (C=O) groups is 2. The minimum atomic E-state index is -0.439. The Morgan fingerprint density at radius 2 is 1.27 bits per heavy atom. The molecule has 0 N–H and O–H groups in total. The summed E-state index contributed by atoms with van der Waals surface area (Å²) in [6.45, 7) is 9.51. The van der Waals surface area contributed by atoms with Crippen molar-refractivity contribution in [1.82, 2.24) is 0 Å². The topological polar surface area (TPSA) is 52.6 Å². The molecule has 0 spiro atoms. The number of esters is 2. The van der Waals surface area contributed by atoms with E-state index in [1.54, 1.807) is 0 Å². The highest BCUT2D eigenvalue weighted by atomic mass is 16.5. The summed E-state index contributed by atoms with van der Waals surface area (Å²) in [7, 11) is 0. The zero-order valence-electron chi connectivity index (χ0n) is 25.5. The third kappa shape index (κ3) is 9.62. The highest BCUT2D eigenvalue weighted by Gasteiger charge is 2.06. The molecule has 4 heteroatoms. The summed E-state index contributed by atoms with van der Waals surface area (Å²) in [6.07, 6.45) is 5.17. The van der Waals surface area contributed by atoms with Crippen molar-refractivity contribution < 1.29 is 19.1 Å². The SMILES string of the molecule is C=CC(=O)OCCC#Cc1ccc(C#Cc2ccc(C#Cc3ccc(CCCOC(=O)C=C)c4ccccc34)cc2)c(CC)c1. The van der Waals surface area contributed by atoms with E-state index >= 15 is 0 Å². The first-order chi connectivity index (χ1) is 22.0. The maximum absolute atomic E-state index is 11.3. The zero-order valence-corrected chi connectivity index (χ0v) is 25.5. The largest absolute Gasteiger partial charge is 0.463 e. The van der Waals surface area contributed by atoms with Crippen molar-refractivity contribution in [2.24, 2.45) is 0 Å². The lowest BCUT2D eigenvalue weighted by Crippen LogP contribution is -2.03. The van der Waals surface area contributed by atoms with Crippen LogP contribution in [-0.2, 0) is 31.9 Å². The van der Waals surface area contributed by atoms with Gasteiger partial charge in [-0.2, -0.15) is 0 Å². The van der Waals surface area contributed by atoms with Gasteiger partial charge in [0.1, 0.15) is 6.61 Å². The van der Waals surface area contributed by atoms with Crippen molar-refractivity contribution in [3.8, 4) is 35.5 Å². The van der Waals surface area contributed by atoms with Crippen LogP contribution >= 0.6 is 0 Å². The summed E-state index contributed by atoms with van der Waals surface area (Å²) in [6, 6.07) is 26.4. The van der Waals surface area contributed by atoms with E-state index in [4.69, 9.17) is 9.47 Å². The van der Waals surface area contributed by atoms with Gasteiger partial charge in [0.2, 0.25) is 0 Å². The van der Waals surface area contributed by atoms with Gasteiger partial charge in [-0.25, -0.2) is 9.59 Å². The smallest absolute Gasteiger partial charge is 0.330 e. The number of aryl methyl sites for hydroxylation is 2. The van der Waals surface area contributed by atoms with Gasteiger partial charge in [-0.05, 0) is 89.7 Å². The number of carbonyl (C=O) groups excluding carboxylic acids is 2. The van der Waals surface area contributed by atoms with Crippen LogP contribution in [0.25, 0.3) is 10.8 Å². The van der Waals surface area contributed by atoms with Gasteiger partial charge in [-0.15, -0.1) is 0 Å². The van der Waals surface area contributed by atoms with Crippen molar-refractivity contribution in [3.05, 3.63) is 143 Å². The molecular weight excluding hydrogens is 556 g/mol. The van der Waals surface area contributed by atoms with Crippen molar-refractivity contribution in [2.75, 3.05) is 13.2 Å². The standard InChI is InChI=1S/C41H34O4/c1-4-34-30-33(12-9-10-28-44-40(42)5-2)22-24-35(34)23-20-31-16-18-32(19-17-31)21-25-37-27-26-36(13-11-29-45-41(43)6-3)38-14-7-8-15-39(37)38/h5-8,14-19,22,24,26-27,30H,2-4,10-11,13,28-29H2,1H3. The molecule has 4 nitrogen and oxygen atoms in total. The molecular formula is C41H34O4. The second kappa shape index (κ2) is 16.8. The number of ether oxygens (including phenoxy) is 2. The van der Waals surface area contributed by atoms with Crippen LogP contribution in [0.2, 0.25) is 0 Å². The second-order valence-corrected chi connectivity index (χ2v) is 10.0. The molecule has 0 aliphatic heterocycles. The third-order valence-corrected chi connectivity index (χ3v) is 6.94. The Morgan fingerprint density at radius 1 is 0.667 bits per heavy atom. The van der Waals surface area contributed by atoms with E-state index in [1.165, 1.54) is 11.6 Å². The fourth-order valence-corrected chi connectivity index (χ4v) is 4.61. The molecule has 0 bridgehead atoms. The number of hydrogen-bond acceptors (Lipinski definition) is 4. The van der Waals surface area contributed by atoms with Crippen molar-refractivity contribution in [2.45, 2.75) is 32.6 Å². The van der Waals surface area contributed by atoms with Crippen LogP contribution in [0.5, 0.6) is 0 Å². The quantitative estimate of drug-likeness (QED) is 0.0886. The Kier molecular flexibility index (Phi) is 12.0. The first kappa shape index (κ1) is 32.2. The predicted molar refractivity (Wildman–Crippen MR) is 180 cm³/mol. The van der Waals surface area contributed by atoms with E-state index in [9.17, 15) is 9.59 Å². The van der Waals surface area contributed by atoms with Gasteiger partial charge in [-0.1, -0.05) is 85.9 Å². The number of fused-ring (bicyclic) bond motifs is 1. The van der Waals surface area contributed by atoms with Gasteiger partial charge in [0.25, 0.3) is 0 Å². The molecule has 222 valence electrons. The van der Waals surface area contributed by atoms with Crippen LogP contribution in [0.1, 0.15) is 58.7 Å². The van der Waals surface area contributed by atoms with Crippen molar-refractivity contribution in [3.63, 3.8) is 0 Å². The molecule has 0 saturated carbocycles. The molecule has 0 fully saturated rings. The number of hydrogen-bond donors (Lipinski definition) is 0. The zero-order chi connectivity index (χ0) is 31.9. The van der Waals surface area contributed by atoms with E-state index in [0.717, 1.165) is 69.5 Å². The molecule has 0 unspecified atom stereocenters. The Labute approximate surface area is 265 Å². The fourth-order valence-electron chi connectivity index (χ4n) is 4.61. The van der Waals surface area contributed by atoms with Gasteiger partial charge >= 0.3 is 11.9 Å². The maximum Gasteiger partial charge on any atom is 0.330 e. The van der Waals surface area contributed by atoms with Gasteiger partial charge in [0.15, 0.2) is 0 Å². The summed E-state index contributed by atoms with van der Waals surface area (Å²) in [4.78, 5) is 22.4. The third-order valence-electron chi connectivity index (χ3n) is 6.94. The monoisotopic (exact) mass is 590 g/mol. The van der Waals surface area contributed by atoms with Gasteiger partial charge in [0.05, 0.1) is 6.61 Å². The van der Waals surface area contributed by atoms with Crippen molar-refractivity contribution in [1.29, 1.82) is 0 Å². The molecule has 0 aromatic heterocycles. The summed E-state index contributed by atoms with van der Waals surface area (Å²) in [5.74, 6) is 18.5. The van der Waals surface area contributed by atoms with Gasteiger partial charge < -0.3 is 9.47 Å². The summed E-state index contributed by atoms with van der Waals surface area (Å²) in [5, 5.41) is 2.26. The first-order valence-electron chi connectivity index (χ1n) is 14.9. The number of rotatable bonds is 9. The van der Waals surface area contributed by atoms with Gasteiger partial charge in [-0.3, -0.25) is 0 Å². The minimum absolute atomic E-state index is 0.246. The highest BCUT2D eigenvalue weighted by molar-refractivity contribution is 5.91. The Balaban J connectivity index is 1.42. The Bertz CT molecular complexity index is 1890. The molecule has 0 aliphatic rings. The summed E-state index contributed by atoms with van der Waals surface area (Å²) in [5.41, 5.74) is 7.00. The highest BCUT2D eigenvalue weighted by Crippen LogP contribution is 2.24. The van der Waals surface area contributed by atoms with Crippen LogP contribution in [0.3, 0.4) is 0 Å². The van der Waals surface area contributed by atoms with Crippen molar-refractivity contribution >= 4 is 22.7 Å². The molecule has 4 aromatic rings. The normalized spacial score (nSPS) is 9.80. The van der Waals surface area contributed by atoms with E-state index in [2.05, 4.69) is 85.9 Å². The molecule has 0 radical (unpaired) electrons. The minimum Gasteiger partial charge on any atom is -0.463 e. The summed E-state index contributed by atoms with van der Waals surface area (Å²) < 4.78 is 10.1. The van der Waals surface area contributed by atoms with E-state index in [-0.39, 0.29) is 6.61 Å². The maximum atomic E-state index is 11.3. The second-order valence-electron chi connectivity index (χ2n) is 10.0. The lowest BCUT2D eigenvalue weighted by atomic mass is 9.97. The Morgan fingerprint density at radius 3 is 1.93 bits per heavy atom. The van der Waals surface area contributed by atoms with E-state index in [1.807, 2.05) is 48.5 Å². The molecule has 0 aliphatic carbocycles. The van der Waals surface area contributed by atoms with E-state index in [0.29, 0.717) is 13.0 Å². The van der Waals surface area contributed by atoms with Crippen LogP contribution in [0, 0.1) is 35.5 Å². The molecule has 45 heavy (non-hydrogen) atoms. The predicted octanol–water partition coefficient (Wildman–Crippen LogP) is 7.33. The van der Waals surface area contributed by atoms with Gasteiger partial charge in [0, 0.05) is 46.4 Å². The lowest BCUT2D eigenvalue weighted by molar-refractivity contribution is -0.138. The average Bonchev–Trinajstić information content (AvgIpc) is 3.08. The molecule has 0 amide bonds. The first-order valence-corrected chi connectivity index (χ1v) is 14.9. The molecule has 0 heterocycles. The van der Waals surface area contributed by atoms with Crippen LogP contribution in [0.15, 0.2) is 104 Å². The van der Waals surface area contributed by atoms with E-state index < -0.39 is 11.9 Å². The Hall–Kier alpha value is -5.76. The lowest BCUT2D eigenvalue weighted by Gasteiger charge is -2.09. The molecule has 4 aromatic carbocycles. The molecule has 4 rings (SSSR count). The average molecular weight is 591 g/mol. The van der Waals surface area contributed by atoms with Crippen LogP contribution < -0.4 is 0 Å².